The molecule has 0 aliphatic rings. The summed E-state index contributed by atoms with van der Waals surface area (Å²) in [5.41, 5.74) is 5.11. The maximum Gasteiger partial charge on any atom is 0.239 e. The molecule has 0 heterocycles. The second kappa shape index (κ2) is 4.90. The van der Waals surface area contributed by atoms with E-state index in [-0.39, 0.29) is 23.6 Å². The third kappa shape index (κ3) is 7.05. The van der Waals surface area contributed by atoms with Crippen LogP contribution in [0.4, 0.5) is 0 Å². The van der Waals surface area contributed by atoms with Gasteiger partial charge in [-0.2, -0.15) is 0 Å². The molecule has 5 heteroatoms. The van der Waals surface area contributed by atoms with Gasteiger partial charge in [-0.15, -0.1) is 0 Å². The van der Waals surface area contributed by atoms with Gasteiger partial charge in [0.25, 0.3) is 0 Å². The molecule has 0 rings (SSSR count). The van der Waals surface area contributed by atoms with Crippen LogP contribution in [0.5, 0.6) is 0 Å². The van der Waals surface area contributed by atoms with E-state index in [1.165, 1.54) is 0 Å². The van der Waals surface area contributed by atoms with Crippen molar-refractivity contribution in [3.05, 3.63) is 0 Å². The van der Waals surface area contributed by atoms with Crippen LogP contribution in [0.1, 0.15) is 13.8 Å². The fourth-order valence-electron chi connectivity index (χ4n) is 0.540. The maximum atomic E-state index is 10.9. The lowest BCUT2D eigenvalue weighted by Gasteiger charge is -2.08. The zero-order chi connectivity index (χ0) is 8.85. The molecule has 0 aliphatic heterocycles. The zero-order valence-corrected chi connectivity index (χ0v) is 7.49. The van der Waals surface area contributed by atoms with Gasteiger partial charge in [0, 0.05) is 6.04 Å². The van der Waals surface area contributed by atoms with Gasteiger partial charge in [0.05, 0.1) is 6.54 Å². The monoisotopic (exact) mass is 175 g/mol. The van der Waals surface area contributed by atoms with Crippen LogP contribution < -0.4 is 16.4 Å². The molecule has 0 spiro atoms. The third-order valence-electron chi connectivity index (χ3n) is 0.873. The number of nitrogens with one attached hydrogen (secondary N) is 2. The number of hydrogen-bond donors (Lipinski definition) is 3. The second-order valence-electron chi connectivity index (χ2n) is 2.44. The molecule has 0 aromatic carbocycles. The minimum absolute atomic E-state index is 0.104. The Labute approximate surface area is 71.5 Å². The van der Waals surface area contributed by atoms with E-state index in [2.05, 4.69) is 22.9 Å². The van der Waals surface area contributed by atoms with Crippen molar-refractivity contribution < 1.29 is 4.79 Å². The van der Waals surface area contributed by atoms with Gasteiger partial charge in [0.1, 0.15) is 0 Å². The molecule has 0 fully saturated rings. The smallest absolute Gasteiger partial charge is 0.239 e. The SMILES string of the molecule is CC(C)NC(=O)CNC(N)=S. The molecular weight excluding hydrogens is 162 g/mol. The van der Waals surface area contributed by atoms with Gasteiger partial charge in [-0.05, 0) is 26.1 Å². The second-order valence-corrected chi connectivity index (χ2v) is 2.88. The molecule has 1 amide bonds. The number of carbonyl (C=O) groups excluding carboxylic acids is 1. The molecule has 0 saturated heterocycles. The third-order valence-corrected chi connectivity index (χ3v) is 1.02. The highest BCUT2D eigenvalue weighted by Gasteiger charge is 2.01. The first-order valence-electron chi connectivity index (χ1n) is 3.35. The highest BCUT2D eigenvalue weighted by atomic mass is 32.1. The Morgan fingerprint density at radius 3 is 2.55 bits per heavy atom. The van der Waals surface area contributed by atoms with Crippen molar-refractivity contribution in [1.29, 1.82) is 0 Å². The van der Waals surface area contributed by atoms with Crippen molar-refractivity contribution in [2.24, 2.45) is 5.73 Å². The van der Waals surface area contributed by atoms with E-state index in [1.54, 1.807) is 0 Å². The Morgan fingerprint density at radius 2 is 2.18 bits per heavy atom. The first kappa shape index (κ1) is 10.2. The number of hydrogen-bond acceptors (Lipinski definition) is 2. The quantitative estimate of drug-likeness (QED) is 0.498. The summed E-state index contributed by atoms with van der Waals surface area (Å²) in [5, 5.41) is 5.37. The van der Waals surface area contributed by atoms with Crippen molar-refractivity contribution in [3.63, 3.8) is 0 Å². The standard InChI is InChI=1S/C6H13N3OS/c1-4(2)9-5(10)3-8-6(7)11/h4H,3H2,1-2H3,(H,9,10)(H3,7,8,11). The summed E-state index contributed by atoms with van der Waals surface area (Å²) in [6, 6.07) is 0.149. The predicted molar refractivity (Wildman–Crippen MR) is 48.1 cm³/mol. The Hall–Kier alpha value is -0.840. The fraction of sp³-hybridized carbons (Fsp3) is 0.667. The zero-order valence-electron chi connectivity index (χ0n) is 6.68. The highest BCUT2D eigenvalue weighted by Crippen LogP contribution is 1.75. The van der Waals surface area contributed by atoms with Crippen LogP contribution in [0.25, 0.3) is 0 Å². The minimum Gasteiger partial charge on any atom is -0.376 e. The van der Waals surface area contributed by atoms with Crippen LogP contribution in [0.15, 0.2) is 0 Å². The molecule has 0 bridgehead atoms. The molecule has 0 aromatic heterocycles. The minimum atomic E-state index is -0.104. The Balaban J connectivity index is 3.45. The summed E-state index contributed by atoms with van der Waals surface area (Å²) in [6.07, 6.45) is 0. The van der Waals surface area contributed by atoms with E-state index in [1.807, 2.05) is 13.8 Å². The Kier molecular flexibility index (Phi) is 4.52. The lowest BCUT2D eigenvalue weighted by Crippen LogP contribution is -2.41. The fourth-order valence-corrected chi connectivity index (χ4v) is 0.613. The number of nitrogens with two attached hydrogens (primary N) is 1. The van der Waals surface area contributed by atoms with Crippen molar-refractivity contribution in [2.45, 2.75) is 19.9 Å². The average molecular weight is 175 g/mol. The van der Waals surface area contributed by atoms with Crippen molar-refractivity contribution in [2.75, 3.05) is 6.54 Å². The summed E-state index contributed by atoms with van der Waals surface area (Å²) < 4.78 is 0. The summed E-state index contributed by atoms with van der Waals surface area (Å²) in [6.45, 7) is 3.92. The van der Waals surface area contributed by atoms with Gasteiger partial charge in [-0.1, -0.05) is 0 Å². The number of carbonyl (C=O) groups is 1. The molecule has 4 N–H and O–H groups in total. The molecule has 0 saturated carbocycles. The van der Waals surface area contributed by atoms with Gasteiger partial charge in [-0.25, -0.2) is 0 Å². The maximum absolute atomic E-state index is 10.9. The Bertz CT molecular complexity index is 158. The topological polar surface area (TPSA) is 67.2 Å². The van der Waals surface area contributed by atoms with Gasteiger partial charge in [-0.3, -0.25) is 4.79 Å². The van der Waals surface area contributed by atoms with E-state index >= 15 is 0 Å². The van der Waals surface area contributed by atoms with Crippen LogP contribution in [0.3, 0.4) is 0 Å². The first-order chi connectivity index (χ1) is 5.02. The summed E-state index contributed by atoms with van der Waals surface area (Å²) in [7, 11) is 0. The van der Waals surface area contributed by atoms with Gasteiger partial charge in [0.2, 0.25) is 5.91 Å². The van der Waals surface area contributed by atoms with E-state index in [0.717, 1.165) is 0 Å². The summed E-state index contributed by atoms with van der Waals surface area (Å²) in [4.78, 5) is 10.9. The largest absolute Gasteiger partial charge is 0.376 e. The molecule has 0 aromatic rings. The van der Waals surface area contributed by atoms with Crippen molar-refractivity contribution >= 4 is 23.2 Å². The molecular formula is C6H13N3OS. The number of thiocarbonyl (C=S) groups is 1. The normalized spacial score (nSPS) is 9.36. The van der Waals surface area contributed by atoms with Gasteiger partial charge >= 0.3 is 0 Å². The van der Waals surface area contributed by atoms with Crippen LogP contribution in [-0.4, -0.2) is 23.6 Å². The van der Waals surface area contributed by atoms with E-state index in [9.17, 15) is 4.79 Å². The molecule has 4 nitrogen and oxygen atoms in total. The lowest BCUT2D eigenvalue weighted by molar-refractivity contribution is -0.120. The van der Waals surface area contributed by atoms with Gasteiger partial charge < -0.3 is 16.4 Å². The van der Waals surface area contributed by atoms with Gasteiger partial charge in [0.15, 0.2) is 5.11 Å². The average Bonchev–Trinajstić information content (AvgIpc) is 1.82. The molecule has 64 valence electrons. The number of amides is 1. The summed E-state index contributed by atoms with van der Waals surface area (Å²) >= 11 is 4.51. The molecule has 0 radical (unpaired) electrons. The van der Waals surface area contributed by atoms with Crippen molar-refractivity contribution in [3.8, 4) is 0 Å². The number of rotatable bonds is 3. The Morgan fingerprint density at radius 1 is 1.64 bits per heavy atom. The molecule has 0 atom stereocenters. The molecule has 11 heavy (non-hydrogen) atoms. The molecule has 0 aliphatic carbocycles. The highest BCUT2D eigenvalue weighted by molar-refractivity contribution is 7.80. The van der Waals surface area contributed by atoms with E-state index in [4.69, 9.17) is 5.73 Å². The predicted octanol–water partition coefficient (Wildman–Crippen LogP) is -0.656. The van der Waals surface area contributed by atoms with E-state index in [0.29, 0.717) is 0 Å². The van der Waals surface area contributed by atoms with Crippen LogP contribution in [0, 0.1) is 0 Å². The first-order valence-corrected chi connectivity index (χ1v) is 3.76. The van der Waals surface area contributed by atoms with Crippen molar-refractivity contribution in [1.82, 2.24) is 10.6 Å². The molecule has 0 unspecified atom stereocenters. The van der Waals surface area contributed by atoms with Crippen LogP contribution in [0.2, 0.25) is 0 Å². The summed E-state index contributed by atoms with van der Waals surface area (Å²) in [5.74, 6) is -0.104. The lowest BCUT2D eigenvalue weighted by atomic mass is 10.4. The van der Waals surface area contributed by atoms with E-state index < -0.39 is 0 Å². The van der Waals surface area contributed by atoms with Crippen LogP contribution >= 0.6 is 12.2 Å². The van der Waals surface area contributed by atoms with Crippen LogP contribution in [-0.2, 0) is 4.79 Å².